The van der Waals surface area contributed by atoms with E-state index < -0.39 is 0 Å². The molecule has 0 heterocycles. The summed E-state index contributed by atoms with van der Waals surface area (Å²) in [4.78, 5) is 11.1. The van der Waals surface area contributed by atoms with Crippen molar-refractivity contribution in [1.29, 1.82) is 0 Å². The Balaban J connectivity index is 3.03. The lowest BCUT2D eigenvalue weighted by Crippen LogP contribution is -2.18. The van der Waals surface area contributed by atoms with Crippen LogP contribution in [0.25, 0.3) is 0 Å². The highest BCUT2D eigenvalue weighted by Crippen LogP contribution is 2.05. The van der Waals surface area contributed by atoms with E-state index >= 15 is 0 Å². The molecule has 2 heteroatoms. The molecule has 0 saturated heterocycles. The molecule has 57 valence electrons. The van der Waals surface area contributed by atoms with E-state index in [-0.39, 0.29) is 5.91 Å². The van der Waals surface area contributed by atoms with Crippen LogP contribution in [0.2, 0.25) is 0 Å². The van der Waals surface area contributed by atoms with Crippen LogP contribution in [-0.2, 0) is 0 Å². The molecule has 1 radical (unpaired) electrons. The zero-order chi connectivity index (χ0) is 8.27. The zero-order valence-corrected chi connectivity index (χ0v) is 6.64. The fourth-order valence-electron chi connectivity index (χ4n) is 0.887. The third kappa shape index (κ3) is 1.58. The minimum atomic E-state index is -0.0562. The van der Waals surface area contributed by atoms with Gasteiger partial charge in [-0.2, -0.15) is 0 Å². The maximum absolute atomic E-state index is 11.1. The maximum atomic E-state index is 11.1. The molecular formula is C9H10NO. The Morgan fingerprint density at radius 2 is 2.36 bits per heavy atom. The molecule has 0 saturated carbocycles. The average molecular weight is 148 g/mol. The van der Waals surface area contributed by atoms with Gasteiger partial charge >= 0.3 is 0 Å². The molecule has 0 aliphatic rings. The highest BCUT2D eigenvalue weighted by molar-refractivity contribution is 5.95. The lowest BCUT2D eigenvalue weighted by molar-refractivity contribution is 0.0962. The molecule has 0 atom stereocenters. The van der Waals surface area contributed by atoms with Gasteiger partial charge in [-0.3, -0.25) is 4.79 Å². The van der Waals surface area contributed by atoms with Crippen LogP contribution in [0.1, 0.15) is 15.9 Å². The number of carbonyl (C=O) groups excluding carboxylic acids is 1. The first-order chi connectivity index (χ1) is 5.25. The molecule has 0 aliphatic heterocycles. The third-order valence-corrected chi connectivity index (χ3v) is 1.55. The van der Waals surface area contributed by atoms with Gasteiger partial charge in [-0.25, -0.2) is 0 Å². The van der Waals surface area contributed by atoms with Crippen molar-refractivity contribution < 1.29 is 4.79 Å². The van der Waals surface area contributed by atoms with Gasteiger partial charge in [-0.1, -0.05) is 12.1 Å². The molecular weight excluding hydrogens is 138 g/mol. The van der Waals surface area contributed by atoms with E-state index in [1.165, 1.54) is 0 Å². The van der Waals surface area contributed by atoms with Crippen LogP contribution >= 0.6 is 0 Å². The molecule has 0 aliphatic carbocycles. The van der Waals surface area contributed by atoms with Crippen molar-refractivity contribution in [3.8, 4) is 0 Å². The van der Waals surface area contributed by atoms with Crippen LogP contribution in [-0.4, -0.2) is 13.0 Å². The van der Waals surface area contributed by atoms with Gasteiger partial charge in [-0.05, 0) is 24.6 Å². The summed E-state index contributed by atoms with van der Waals surface area (Å²) in [5.74, 6) is -0.0562. The average Bonchev–Trinajstić information content (AvgIpc) is 2.04. The molecule has 0 bridgehead atoms. The summed E-state index contributed by atoms with van der Waals surface area (Å²) in [7, 11) is 1.62. The Hall–Kier alpha value is -1.31. The van der Waals surface area contributed by atoms with Gasteiger partial charge in [0.25, 0.3) is 5.91 Å². The maximum Gasteiger partial charge on any atom is 0.251 e. The summed E-state index contributed by atoms with van der Waals surface area (Å²) in [6.45, 7) is 1.90. The number of hydrogen-bond donors (Lipinski definition) is 1. The predicted octanol–water partition coefficient (Wildman–Crippen LogP) is 1.15. The van der Waals surface area contributed by atoms with Crippen LogP contribution in [0.5, 0.6) is 0 Å². The minimum Gasteiger partial charge on any atom is -0.355 e. The monoisotopic (exact) mass is 148 g/mol. The molecule has 0 aromatic heterocycles. The van der Waals surface area contributed by atoms with Crippen molar-refractivity contribution in [2.45, 2.75) is 6.92 Å². The van der Waals surface area contributed by atoms with Gasteiger partial charge in [0.1, 0.15) is 0 Å². The first-order valence-electron chi connectivity index (χ1n) is 3.44. The lowest BCUT2D eigenvalue weighted by atomic mass is 10.1. The molecule has 0 unspecified atom stereocenters. The van der Waals surface area contributed by atoms with E-state index in [4.69, 9.17) is 0 Å². The second kappa shape index (κ2) is 3.19. The van der Waals surface area contributed by atoms with Crippen molar-refractivity contribution >= 4 is 5.91 Å². The highest BCUT2D eigenvalue weighted by Gasteiger charge is 2.03. The van der Waals surface area contributed by atoms with E-state index in [0.29, 0.717) is 5.56 Å². The Morgan fingerprint density at radius 1 is 1.64 bits per heavy atom. The summed E-state index contributed by atoms with van der Waals surface area (Å²) in [5, 5.41) is 2.56. The van der Waals surface area contributed by atoms with E-state index in [1.54, 1.807) is 19.2 Å². The fraction of sp³-hybridized carbons (Fsp3) is 0.222. The van der Waals surface area contributed by atoms with Gasteiger partial charge in [0.15, 0.2) is 0 Å². The fourth-order valence-corrected chi connectivity index (χ4v) is 0.887. The van der Waals surface area contributed by atoms with Crippen LogP contribution in [0.4, 0.5) is 0 Å². The van der Waals surface area contributed by atoms with Gasteiger partial charge in [0.2, 0.25) is 0 Å². The largest absolute Gasteiger partial charge is 0.355 e. The van der Waals surface area contributed by atoms with E-state index in [1.807, 2.05) is 13.0 Å². The number of aryl methyl sites for hydroxylation is 1. The number of amides is 1. The van der Waals surface area contributed by atoms with Crippen LogP contribution in [0, 0.1) is 13.0 Å². The Labute approximate surface area is 66.2 Å². The second-order valence-corrected chi connectivity index (χ2v) is 2.32. The van der Waals surface area contributed by atoms with Gasteiger partial charge < -0.3 is 5.32 Å². The Kier molecular flexibility index (Phi) is 2.26. The van der Waals surface area contributed by atoms with Crippen molar-refractivity contribution in [3.05, 3.63) is 35.4 Å². The van der Waals surface area contributed by atoms with Crippen molar-refractivity contribution in [2.75, 3.05) is 7.05 Å². The molecule has 0 fully saturated rings. The number of carbonyl (C=O) groups is 1. The normalized spacial score (nSPS) is 9.27. The number of hydrogen-bond acceptors (Lipinski definition) is 1. The number of nitrogens with one attached hydrogen (secondary N) is 1. The molecule has 1 rings (SSSR count). The third-order valence-electron chi connectivity index (χ3n) is 1.55. The summed E-state index contributed by atoms with van der Waals surface area (Å²) in [5.41, 5.74) is 1.66. The first-order valence-corrected chi connectivity index (χ1v) is 3.44. The zero-order valence-electron chi connectivity index (χ0n) is 6.64. The second-order valence-electron chi connectivity index (χ2n) is 2.32. The highest BCUT2D eigenvalue weighted by atomic mass is 16.1. The van der Waals surface area contributed by atoms with E-state index in [2.05, 4.69) is 11.4 Å². The molecule has 1 aromatic rings. The number of rotatable bonds is 1. The summed E-state index contributed by atoms with van der Waals surface area (Å²) < 4.78 is 0. The molecule has 1 amide bonds. The number of benzene rings is 1. The molecule has 11 heavy (non-hydrogen) atoms. The molecule has 0 spiro atoms. The summed E-state index contributed by atoms with van der Waals surface area (Å²) >= 11 is 0. The summed E-state index contributed by atoms with van der Waals surface area (Å²) in [6.07, 6.45) is 0. The van der Waals surface area contributed by atoms with Gasteiger partial charge in [0, 0.05) is 12.6 Å². The standard InChI is InChI=1S/C9H10NO/c1-7-5-3-4-6-8(7)9(11)10-2/h3,5-6H,1-2H3,(H,10,11). The van der Waals surface area contributed by atoms with Gasteiger partial charge in [0.05, 0.1) is 0 Å². The lowest BCUT2D eigenvalue weighted by Gasteiger charge is -2.01. The Morgan fingerprint density at radius 3 is 2.91 bits per heavy atom. The topological polar surface area (TPSA) is 29.1 Å². The molecule has 2 nitrogen and oxygen atoms in total. The van der Waals surface area contributed by atoms with E-state index in [9.17, 15) is 4.79 Å². The quantitative estimate of drug-likeness (QED) is 0.636. The Bertz CT molecular complexity index is 268. The minimum absolute atomic E-state index is 0.0562. The van der Waals surface area contributed by atoms with Crippen LogP contribution in [0.3, 0.4) is 0 Å². The van der Waals surface area contributed by atoms with Crippen molar-refractivity contribution in [1.82, 2.24) is 5.32 Å². The van der Waals surface area contributed by atoms with Crippen LogP contribution in [0.15, 0.2) is 18.2 Å². The smallest absolute Gasteiger partial charge is 0.251 e. The predicted molar refractivity (Wildman–Crippen MR) is 43.4 cm³/mol. The van der Waals surface area contributed by atoms with Crippen molar-refractivity contribution in [2.24, 2.45) is 0 Å². The molecule has 1 N–H and O–H groups in total. The SMILES string of the molecule is CNC(=O)c1c[c]ccc1C. The van der Waals surface area contributed by atoms with Crippen LogP contribution < -0.4 is 5.32 Å². The molecule has 1 aromatic carbocycles. The van der Waals surface area contributed by atoms with Gasteiger partial charge in [-0.15, -0.1) is 0 Å². The summed E-state index contributed by atoms with van der Waals surface area (Å²) in [6, 6.07) is 8.20. The first kappa shape index (κ1) is 7.79. The van der Waals surface area contributed by atoms with E-state index in [0.717, 1.165) is 5.56 Å². The van der Waals surface area contributed by atoms with Crippen molar-refractivity contribution in [3.63, 3.8) is 0 Å².